The lowest BCUT2D eigenvalue weighted by atomic mass is 9.87. The van der Waals surface area contributed by atoms with Gasteiger partial charge in [0.15, 0.2) is 11.5 Å². The quantitative estimate of drug-likeness (QED) is 0.668. The van der Waals surface area contributed by atoms with Crippen LogP contribution in [0, 0.1) is 0 Å². The van der Waals surface area contributed by atoms with Gasteiger partial charge < -0.3 is 14.6 Å². The second kappa shape index (κ2) is 4.44. The molecule has 5 nitrogen and oxygen atoms in total. The van der Waals surface area contributed by atoms with Crippen LogP contribution in [0.1, 0.15) is 31.2 Å². The number of phenols is 1. The highest BCUT2D eigenvalue weighted by molar-refractivity contribution is 6.32. The standard InChI is InChI=1S/C13H12ClNO4/c14-8-5-9-12(19-7-18-9)10(11(8)17)13(15-6-16)3-1-2-4-13/h5,17H,1-4,7H2. The second-order valence-corrected chi connectivity index (χ2v) is 5.16. The average molecular weight is 282 g/mol. The molecule has 0 amide bonds. The largest absolute Gasteiger partial charge is 0.506 e. The number of fused-ring (bicyclic) bond motifs is 1. The Hall–Kier alpha value is -1.71. The van der Waals surface area contributed by atoms with Crippen molar-refractivity contribution in [2.24, 2.45) is 4.99 Å². The summed E-state index contributed by atoms with van der Waals surface area (Å²) < 4.78 is 10.7. The van der Waals surface area contributed by atoms with Gasteiger partial charge in [-0.2, -0.15) is 4.99 Å². The summed E-state index contributed by atoms with van der Waals surface area (Å²) in [6, 6.07) is 1.51. The molecule has 100 valence electrons. The molecular weight excluding hydrogens is 270 g/mol. The van der Waals surface area contributed by atoms with Crippen LogP contribution in [0.5, 0.6) is 17.2 Å². The Bertz CT molecular complexity index is 574. The van der Waals surface area contributed by atoms with E-state index in [0.29, 0.717) is 29.9 Å². The van der Waals surface area contributed by atoms with Gasteiger partial charge in [-0.15, -0.1) is 0 Å². The number of halogens is 1. The van der Waals surface area contributed by atoms with E-state index in [9.17, 15) is 9.90 Å². The number of rotatable bonds is 2. The first-order valence-electron chi connectivity index (χ1n) is 6.08. The maximum Gasteiger partial charge on any atom is 0.235 e. The summed E-state index contributed by atoms with van der Waals surface area (Å²) in [4.78, 5) is 14.7. The summed E-state index contributed by atoms with van der Waals surface area (Å²) in [6.07, 6.45) is 4.78. The molecule has 0 saturated heterocycles. The molecule has 19 heavy (non-hydrogen) atoms. The molecule has 1 N–H and O–H groups in total. The lowest BCUT2D eigenvalue weighted by Crippen LogP contribution is -2.20. The zero-order valence-electron chi connectivity index (χ0n) is 10.1. The van der Waals surface area contributed by atoms with Crippen molar-refractivity contribution in [3.8, 4) is 17.2 Å². The average Bonchev–Trinajstić information content (AvgIpc) is 3.01. The van der Waals surface area contributed by atoms with E-state index in [-0.39, 0.29) is 17.6 Å². The summed E-state index contributed by atoms with van der Waals surface area (Å²) in [5.74, 6) is 0.819. The lowest BCUT2D eigenvalue weighted by Gasteiger charge is -2.25. The van der Waals surface area contributed by atoms with E-state index in [1.54, 1.807) is 6.08 Å². The number of aliphatic imine (C=N–C) groups is 1. The predicted molar refractivity (Wildman–Crippen MR) is 67.5 cm³/mol. The van der Waals surface area contributed by atoms with Gasteiger partial charge in [0.25, 0.3) is 0 Å². The second-order valence-electron chi connectivity index (χ2n) is 4.76. The Morgan fingerprint density at radius 3 is 2.79 bits per heavy atom. The van der Waals surface area contributed by atoms with Crippen molar-refractivity contribution in [3.05, 3.63) is 16.7 Å². The maximum absolute atomic E-state index is 10.8. The molecule has 6 heteroatoms. The Morgan fingerprint density at radius 2 is 2.11 bits per heavy atom. The first-order valence-corrected chi connectivity index (χ1v) is 6.46. The van der Waals surface area contributed by atoms with Crippen molar-refractivity contribution >= 4 is 17.7 Å². The van der Waals surface area contributed by atoms with Gasteiger partial charge >= 0.3 is 0 Å². The highest BCUT2D eigenvalue weighted by atomic mass is 35.5. The molecule has 1 saturated carbocycles. The van der Waals surface area contributed by atoms with Gasteiger partial charge in [-0.25, -0.2) is 4.79 Å². The van der Waals surface area contributed by atoms with Crippen molar-refractivity contribution in [1.82, 2.24) is 0 Å². The fourth-order valence-electron chi connectivity index (χ4n) is 2.90. The minimum Gasteiger partial charge on any atom is -0.506 e. The summed E-state index contributed by atoms with van der Waals surface area (Å²) in [6.45, 7) is 0.0724. The zero-order valence-corrected chi connectivity index (χ0v) is 10.9. The minimum absolute atomic E-state index is 0.0724. The lowest BCUT2D eigenvalue weighted by molar-refractivity contribution is 0.171. The highest BCUT2D eigenvalue weighted by Crippen LogP contribution is 2.55. The van der Waals surface area contributed by atoms with Crippen molar-refractivity contribution in [2.45, 2.75) is 31.2 Å². The van der Waals surface area contributed by atoms with Crippen molar-refractivity contribution < 1.29 is 19.4 Å². The van der Waals surface area contributed by atoms with Gasteiger partial charge in [0.05, 0.1) is 10.6 Å². The first kappa shape index (κ1) is 12.3. The van der Waals surface area contributed by atoms with Crippen LogP contribution in [-0.2, 0) is 10.3 Å². The first-order chi connectivity index (χ1) is 9.18. The van der Waals surface area contributed by atoms with Crippen LogP contribution in [0.3, 0.4) is 0 Å². The molecule has 3 rings (SSSR count). The molecule has 1 fully saturated rings. The third-order valence-electron chi connectivity index (χ3n) is 3.75. The topological polar surface area (TPSA) is 68.1 Å². The van der Waals surface area contributed by atoms with E-state index in [4.69, 9.17) is 21.1 Å². The number of carbonyl (C=O) groups excluding carboxylic acids is 1. The molecule has 0 atom stereocenters. The third-order valence-corrected chi connectivity index (χ3v) is 4.03. The van der Waals surface area contributed by atoms with E-state index in [1.165, 1.54) is 6.07 Å². The molecule has 1 heterocycles. The van der Waals surface area contributed by atoms with Crippen molar-refractivity contribution in [3.63, 3.8) is 0 Å². The minimum atomic E-state index is -0.797. The van der Waals surface area contributed by atoms with Gasteiger partial charge in [0.1, 0.15) is 11.3 Å². The van der Waals surface area contributed by atoms with E-state index in [2.05, 4.69) is 4.99 Å². The number of isocyanates is 1. The van der Waals surface area contributed by atoms with E-state index in [1.807, 2.05) is 0 Å². The summed E-state index contributed by atoms with van der Waals surface area (Å²) in [5, 5.41) is 10.4. The van der Waals surface area contributed by atoms with Crippen LogP contribution in [0.4, 0.5) is 0 Å². The normalized spacial score (nSPS) is 19.2. The molecule has 2 aliphatic rings. The molecule has 0 aromatic heterocycles. The fourth-order valence-corrected chi connectivity index (χ4v) is 3.09. The Balaban J connectivity index is 2.26. The Kier molecular flexibility index (Phi) is 2.88. The molecular formula is C13H12ClNO4. The molecule has 1 aromatic carbocycles. The van der Waals surface area contributed by atoms with E-state index < -0.39 is 5.54 Å². The van der Waals surface area contributed by atoms with E-state index in [0.717, 1.165) is 12.8 Å². The van der Waals surface area contributed by atoms with E-state index >= 15 is 0 Å². The SMILES string of the molecule is O=C=NC1(c2c(O)c(Cl)cc3c2OCO3)CCCC1. The number of ether oxygens (including phenoxy) is 2. The number of aromatic hydroxyl groups is 1. The monoisotopic (exact) mass is 281 g/mol. The smallest absolute Gasteiger partial charge is 0.235 e. The van der Waals surface area contributed by atoms with Crippen LogP contribution in [0.15, 0.2) is 11.1 Å². The summed E-state index contributed by atoms with van der Waals surface area (Å²) in [7, 11) is 0. The van der Waals surface area contributed by atoms with Crippen LogP contribution < -0.4 is 9.47 Å². The Morgan fingerprint density at radius 1 is 1.37 bits per heavy atom. The third kappa shape index (κ3) is 1.78. The number of benzene rings is 1. The summed E-state index contributed by atoms with van der Waals surface area (Å²) in [5.41, 5.74) is -0.345. The zero-order chi connectivity index (χ0) is 13.5. The van der Waals surface area contributed by atoms with Gasteiger partial charge in [-0.3, -0.25) is 0 Å². The summed E-state index contributed by atoms with van der Waals surface area (Å²) >= 11 is 6.01. The van der Waals surface area contributed by atoms with Gasteiger partial charge in [-0.1, -0.05) is 24.4 Å². The number of hydrogen-bond acceptors (Lipinski definition) is 5. The van der Waals surface area contributed by atoms with Crippen LogP contribution >= 0.6 is 11.6 Å². The van der Waals surface area contributed by atoms with Crippen LogP contribution in [0.2, 0.25) is 5.02 Å². The van der Waals surface area contributed by atoms with Crippen LogP contribution in [-0.4, -0.2) is 18.0 Å². The molecule has 1 aliphatic heterocycles. The van der Waals surface area contributed by atoms with Gasteiger partial charge in [-0.05, 0) is 12.8 Å². The van der Waals surface area contributed by atoms with Crippen molar-refractivity contribution in [1.29, 1.82) is 0 Å². The fraction of sp³-hybridized carbons (Fsp3) is 0.462. The highest BCUT2D eigenvalue weighted by Gasteiger charge is 2.43. The molecule has 0 unspecified atom stereocenters. The maximum atomic E-state index is 10.8. The molecule has 0 radical (unpaired) electrons. The number of phenolic OH excluding ortho intramolecular Hbond substituents is 1. The molecule has 0 spiro atoms. The molecule has 0 bridgehead atoms. The van der Waals surface area contributed by atoms with Crippen LogP contribution in [0.25, 0.3) is 0 Å². The van der Waals surface area contributed by atoms with Crippen molar-refractivity contribution in [2.75, 3.05) is 6.79 Å². The van der Waals surface area contributed by atoms with Gasteiger partial charge in [0.2, 0.25) is 12.9 Å². The predicted octanol–water partition coefficient (Wildman–Crippen LogP) is 2.88. The Labute approximate surface area is 114 Å². The molecule has 1 aromatic rings. The van der Waals surface area contributed by atoms with Gasteiger partial charge in [0, 0.05) is 6.07 Å². The number of hydrogen-bond donors (Lipinski definition) is 1. The number of nitrogens with zero attached hydrogens (tertiary/aromatic N) is 1. The molecule has 1 aliphatic carbocycles.